The predicted octanol–water partition coefficient (Wildman–Crippen LogP) is 3.71. The molecule has 0 bridgehead atoms. The third kappa shape index (κ3) is 3.98. The first-order chi connectivity index (χ1) is 9.95. The van der Waals surface area contributed by atoms with Gasteiger partial charge in [0.05, 0.1) is 5.60 Å². The molecular weight excluding hydrogens is 286 g/mol. The summed E-state index contributed by atoms with van der Waals surface area (Å²) in [7, 11) is 0. The van der Waals surface area contributed by atoms with Gasteiger partial charge < -0.3 is 10.4 Å². The number of aliphatic hydroxyl groups is 1. The van der Waals surface area contributed by atoms with Crippen molar-refractivity contribution in [2.75, 3.05) is 6.54 Å². The molecule has 116 valence electrons. The van der Waals surface area contributed by atoms with Gasteiger partial charge in [-0.1, -0.05) is 31.0 Å². The van der Waals surface area contributed by atoms with Crippen LogP contribution in [-0.4, -0.2) is 23.2 Å². The second kappa shape index (κ2) is 6.80. The lowest BCUT2D eigenvalue weighted by Crippen LogP contribution is -2.45. The summed E-state index contributed by atoms with van der Waals surface area (Å²) in [4.78, 5) is 12.2. The van der Waals surface area contributed by atoms with Crippen LogP contribution in [-0.2, 0) is 0 Å². The number of carbonyl (C=O) groups excluding carboxylic acids is 1. The van der Waals surface area contributed by atoms with Gasteiger partial charge in [-0.05, 0) is 56.2 Å². The normalized spacial score (nSPS) is 25.6. The van der Waals surface area contributed by atoms with E-state index in [2.05, 4.69) is 12.2 Å². The zero-order valence-corrected chi connectivity index (χ0v) is 13.5. The number of hydrogen-bond donors (Lipinski definition) is 2. The molecule has 0 unspecified atom stereocenters. The van der Waals surface area contributed by atoms with Gasteiger partial charge in [-0.2, -0.15) is 0 Å². The van der Waals surface area contributed by atoms with E-state index in [-0.39, 0.29) is 5.91 Å². The maximum absolute atomic E-state index is 12.2. The lowest BCUT2D eigenvalue weighted by Gasteiger charge is -2.35. The molecule has 1 aliphatic carbocycles. The summed E-state index contributed by atoms with van der Waals surface area (Å²) >= 11 is 6.04. The van der Waals surface area contributed by atoms with Gasteiger partial charge in [0, 0.05) is 17.1 Å². The number of halogens is 1. The largest absolute Gasteiger partial charge is 0.388 e. The van der Waals surface area contributed by atoms with Crippen molar-refractivity contribution in [1.82, 2.24) is 5.32 Å². The summed E-state index contributed by atoms with van der Waals surface area (Å²) < 4.78 is 0. The van der Waals surface area contributed by atoms with E-state index in [0.717, 1.165) is 37.2 Å². The molecule has 0 radical (unpaired) electrons. The van der Waals surface area contributed by atoms with Crippen molar-refractivity contribution in [3.05, 3.63) is 34.3 Å². The van der Waals surface area contributed by atoms with E-state index in [1.807, 2.05) is 6.92 Å². The van der Waals surface area contributed by atoms with Gasteiger partial charge in [-0.25, -0.2) is 0 Å². The summed E-state index contributed by atoms with van der Waals surface area (Å²) in [5.41, 5.74) is 0.597. The molecule has 2 N–H and O–H groups in total. The molecule has 0 atom stereocenters. The Morgan fingerprint density at radius 2 is 2.10 bits per heavy atom. The van der Waals surface area contributed by atoms with Crippen LogP contribution >= 0.6 is 11.6 Å². The first kappa shape index (κ1) is 16.3. The summed E-state index contributed by atoms with van der Waals surface area (Å²) in [6.07, 6.45) is 4.78. The van der Waals surface area contributed by atoms with E-state index in [1.165, 1.54) is 6.42 Å². The molecule has 1 fully saturated rings. The predicted molar refractivity (Wildman–Crippen MR) is 85.7 cm³/mol. The second-order valence-electron chi connectivity index (χ2n) is 6.17. The van der Waals surface area contributed by atoms with Crippen molar-refractivity contribution >= 4 is 17.5 Å². The molecule has 1 saturated carbocycles. The van der Waals surface area contributed by atoms with E-state index in [4.69, 9.17) is 11.6 Å². The van der Waals surface area contributed by atoms with Crippen molar-refractivity contribution in [2.24, 2.45) is 5.92 Å². The molecule has 0 aliphatic heterocycles. The molecular formula is C17H24ClNO2. The highest BCUT2D eigenvalue weighted by Crippen LogP contribution is 2.33. The Kier molecular flexibility index (Phi) is 5.28. The summed E-state index contributed by atoms with van der Waals surface area (Å²) in [5.74, 6) is 0.553. The Bertz CT molecular complexity index is 508. The highest BCUT2D eigenvalue weighted by atomic mass is 35.5. The van der Waals surface area contributed by atoms with Gasteiger partial charge in [0.25, 0.3) is 5.91 Å². The van der Waals surface area contributed by atoms with E-state index in [0.29, 0.717) is 17.1 Å². The fraction of sp³-hybridized carbons (Fsp3) is 0.588. The molecule has 0 saturated heterocycles. The summed E-state index contributed by atoms with van der Waals surface area (Å²) in [6.45, 7) is 4.34. The molecule has 1 amide bonds. The van der Waals surface area contributed by atoms with Crippen molar-refractivity contribution in [3.63, 3.8) is 0 Å². The van der Waals surface area contributed by atoms with E-state index in [1.54, 1.807) is 18.2 Å². The summed E-state index contributed by atoms with van der Waals surface area (Å²) in [5, 5.41) is 14.0. The number of rotatable bonds is 4. The Hall–Kier alpha value is -1.06. The van der Waals surface area contributed by atoms with Gasteiger partial charge in [-0.15, -0.1) is 0 Å². The highest BCUT2D eigenvalue weighted by molar-refractivity contribution is 6.31. The number of benzene rings is 1. The maximum Gasteiger partial charge on any atom is 0.251 e. The van der Waals surface area contributed by atoms with Crippen LogP contribution in [0.15, 0.2) is 18.2 Å². The molecule has 1 aliphatic rings. The molecule has 2 rings (SSSR count). The minimum atomic E-state index is -0.756. The Morgan fingerprint density at radius 3 is 2.71 bits per heavy atom. The molecule has 1 aromatic rings. The number of carbonyl (C=O) groups is 1. The lowest BCUT2D eigenvalue weighted by atomic mass is 9.78. The lowest BCUT2D eigenvalue weighted by molar-refractivity contribution is -0.00787. The third-order valence-corrected chi connectivity index (χ3v) is 5.11. The van der Waals surface area contributed by atoms with Crippen LogP contribution in [0.2, 0.25) is 5.02 Å². The first-order valence-electron chi connectivity index (χ1n) is 7.71. The monoisotopic (exact) mass is 309 g/mol. The van der Waals surface area contributed by atoms with Crippen LogP contribution in [0.1, 0.15) is 54.9 Å². The van der Waals surface area contributed by atoms with E-state index in [9.17, 15) is 9.90 Å². The highest BCUT2D eigenvalue weighted by Gasteiger charge is 2.33. The van der Waals surface area contributed by atoms with Gasteiger partial charge in [0.15, 0.2) is 0 Å². The Balaban J connectivity index is 1.94. The van der Waals surface area contributed by atoms with E-state index >= 15 is 0 Å². The smallest absolute Gasteiger partial charge is 0.251 e. The third-order valence-electron chi connectivity index (χ3n) is 4.70. The SMILES string of the molecule is CCC1CCC(O)(CNC(=O)c2cccc(Cl)c2C)CC1. The van der Waals surface area contributed by atoms with Crippen LogP contribution in [0.25, 0.3) is 0 Å². The Labute approximate surface area is 131 Å². The van der Waals surface area contributed by atoms with Crippen molar-refractivity contribution < 1.29 is 9.90 Å². The van der Waals surface area contributed by atoms with Crippen molar-refractivity contribution in [1.29, 1.82) is 0 Å². The minimum absolute atomic E-state index is 0.166. The van der Waals surface area contributed by atoms with E-state index < -0.39 is 5.60 Å². The molecule has 1 aromatic carbocycles. The van der Waals surface area contributed by atoms with Gasteiger partial charge in [0.1, 0.15) is 0 Å². The standard InChI is InChI=1S/C17H24ClNO2/c1-3-13-7-9-17(21,10-8-13)11-19-16(20)14-5-4-6-15(18)12(14)2/h4-6,13,21H,3,7-11H2,1-2H3,(H,19,20). The van der Waals surface area contributed by atoms with Crippen LogP contribution in [0.3, 0.4) is 0 Å². The second-order valence-corrected chi connectivity index (χ2v) is 6.58. The molecule has 3 nitrogen and oxygen atoms in total. The number of hydrogen-bond acceptors (Lipinski definition) is 2. The fourth-order valence-corrected chi connectivity index (χ4v) is 3.17. The molecule has 21 heavy (non-hydrogen) atoms. The zero-order chi connectivity index (χ0) is 15.5. The molecule has 0 spiro atoms. The molecule has 4 heteroatoms. The molecule has 0 heterocycles. The van der Waals surface area contributed by atoms with Crippen molar-refractivity contribution in [3.8, 4) is 0 Å². The van der Waals surface area contributed by atoms with Crippen LogP contribution in [0.4, 0.5) is 0 Å². The maximum atomic E-state index is 12.2. The topological polar surface area (TPSA) is 49.3 Å². The number of nitrogens with one attached hydrogen (secondary N) is 1. The summed E-state index contributed by atoms with van der Waals surface area (Å²) in [6, 6.07) is 5.30. The average Bonchev–Trinajstić information content (AvgIpc) is 2.49. The fourth-order valence-electron chi connectivity index (χ4n) is 2.99. The number of amides is 1. The van der Waals surface area contributed by atoms with Crippen LogP contribution < -0.4 is 5.32 Å². The molecule has 0 aromatic heterocycles. The van der Waals surface area contributed by atoms with Crippen molar-refractivity contribution in [2.45, 2.75) is 51.6 Å². The van der Waals surface area contributed by atoms with Gasteiger partial charge in [0.2, 0.25) is 0 Å². The quantitative estimate of drug-likeness (QED) is 0.890. The van der Waals surface area contributed by atoms with Crippen LogP contribution in [0, 0.1) is 12.8 Å². The van der Waals surface area contributed by atoms with Gasteiger partial charge >= 0.3 is 0 Å². The van der Waals surface area contributed by atoms with Gasteiger partial charge in [-0.3, -0.25) is 4.79 Å². The van der Waals surface area contributed by atoms with Crippen LogP contribution in [0.5, 0.6) is 0 Å². The average molecular weight is 310 g/mol. The Morgan fingerprint density at radius 1 is 1.43 bits per heavy atom. The minimum Gasteiger partial charge on any atom is -0.388 e. The zero-order valence-electron chi connectivity index (χ0n) is 12.8. The first-order valence-corrected chi connectivity index (χ1v) is 8.08.